The maximum atomic E-state index is 12.3. The van der Waals surface area contributed by atoms with E-state index in [1.165, 1.54) is 4.31 Å². The van der Waals surface area contributed by atoms with Crippen molar-refractivity contribution < 1.29 is 13.2 Å². The van der Waals surface area contributed by atoms with Crippen molar-refractivity contribution in [3.63, 3.8) is 0 Å². The van der Waals surface area contributed by atoms with Crippen molar-refractivity contribution >= 4 is 37.5 Å². The summed E-state index contributed by atoms with van der Waals surface area (Å²) < 4.78 is 26.6. The predicted molar refractivity (Wildman–Crippen MR) is 92.6 cm³/mol. The fourth-order valence-corrected chi connectivity index (χ4v) is 4.09. The van der Waals surface area contributed by atoms with Crippen LogP contribution in [-0.2, 0) is 14.8 Å². The van der Waals surface area contributed by atoms with E-state index in [0.717, 1.165) is 21.9 Å². The third kappa shape index (κ3) is 3.31. The van der Waals surface area contributed by atoms with Gasteiger partial charge in [0.2, 0.25) is 15.9 Å². The van der Waals surface area contributed by atoms with E-state index >= 15 is 0 Å². The minimum atomic E-state index is -3.58. The first-order valence-corrected chi connectivity index (χ1v) is 9.61. The Morgan fingerprint density at radius 2 is 1.87 bits per heavy atom. The van der Waals surface area contributed by atoms with Crippen molar-refractivity contribution in [3.05, 3.63) is 64.1 Å². The number of anilines is 1. The van der Waals surface area contributed by atoms with E-state index in [2.05, 4.69) is 21.2 Å². The smallest absolute Gasteiger partial charge is 0.239 e. The van der Waals surface area contributed by atoms with Gasteiger partial charge < -0.3 is 5.32 Å². The van der Waals surface area contributed by atoms with E-state index in [-0.39, 0.29) is 12.5 Å². The van der Waals surface area contributed by atoms with Gasteiger partial charge >= 0.3 is 0 Å². The molecular formula is C16H15BrN2O3S. The molecule has 0 radical (unpaired) electrons. The zero-order chi connectivity index (χ0) is 16.6. The first-order valence-electron chi connectivity index (χ1n) is 6.97. The molecule has 0 spiro atoms. The standard InChI is InChI=1S/C16H15BrN2O3S/c1-23(21,22)19-10-15(20)18-14-8-7-12(17)9-13(14)16(19)11-5-3-2-4-6-11/h2-9,16H,10H2,1H3,(H,18,20)/t16-/m1/s1. The van der Waals surface area contributed by atoms with Gasteiger partial charge in [0, 0.05) is 10.2 Å². The zero-order valence-electron chi connectivity index (χ0n) is 12.4. The molecule has 3 rings (SSSR count). The van der Waals surface area contributed by atoms with Crippen molar-refractivity contribution in [3.8, 4) is 0 Å². The average molecular weight is 395 g/mol. The second kappa shape index (κ2) is 6.07. The van der Waals surface area contributed by atoms with Crippen molar-refractivity contribution in [2.75, 3.05) is 18.1 Å². The summed E-state index contributed by atoms with van der Waals surface area (Å²) in [7, 11) is -3.58. The highest BCUT2D eigenvalue weighted by atomic mass is 79.9. The van der Waals surface area contributed by atoms with Gasteiger partial charge in [-0.3, -0.25) is 4.79 Å². The number of nitrogens with zero attached hydrogens (tertiary/aromatic N) is 1. The summed E-state index contributed by atoms with van der Waals surface area (Å²) in [5.41, 5.74) is 2.17. The van der Waals surface area contributed by atoms with Crippen LogP contribution >= 0.6 is 15.9 Å². The fraction of sp³-hybridized carbons (Fsp3) is 0.188. The number of nitrogens with one attached hydrogen (secondary N) is 1. The number of hydrogen-bond acceptors (Lipinski definition) is 3. The molecule has 0 bridgehead atoms. The van der Waals surface area contributed by atoms with E-state index < -0.39 is 16.1 Å². The van der Waals surface area contributed by atoms with E-state index in [1.54, 1.807) is 6.07 Å². The van der Waals surface area contributed by atoms with Crippen LogP contribution in [-0.4, -0.2) is 31.4 Å². The lowest BCUT2D eigenvalue weighted by Crippen LogP contribution is -2.38. The lowest BCUT2D eigenvalue weighted by Gasteiger charge is -2.28. The lowest BCUT2D eigenvalue weighted by molar-refractivity contribution is -0.116. The van der Waals surface area contributed by atoms with Crippen LogP contribution in [0.5, 0.6) is 0 Å². The van der Waals surface area contributed by atoms with Gasteiger partial charge in [-0.1, -0.05) is 46.3 Å². The van der Waals surface area contributed by atoms with Crippen molar-refractivity contribution in [2.24, 2.45) is 0 Å². The number of halogens is 1. The molecule has 7 heteroatoms. The summed E-state index contributed by atoms with van der Waals surface area (Å²) in [4.78, 5) is 12.1. The third-order valence-electron chi connectivity index (χ3n) is 3.71. The van der Waals surface area contributed by atoms with Crippen molar-refractivity contribution in [1.82, 2.24) is 4.31 Å². The molecule has 2 aromatic rings. The Morgan fingerprint density at radius 3 is 2.52 bits per heavy atom. The minimum absolute atomic E-state index is 0.218. The van der Waals surface area contributed by atoms with Crippen LogP contribution in [0.4, 0.5) is 5.69 Å². The summed E-state index contributed by atoms with van der Waals surface area (Å²) in [5, 5.41) is 2.79. The number of amides is 1. The summed E-state index contributed by atoms with van der Waals surface area (Å²) in [6, 6.07) is 14.2. The maximum absolute atomic E-state index is 12.3. The Hall–Kier alpha value is -1.70. The average Bonchev–Trinajstić information content (AvgIpc) is 2.63. The Morgan fingerprint density at radius 1 is 1.17 bits per heavy atom. The molecule has 1 aliphatic heterocycles. The number of carbonyl (C=O) groups excluding carboxylic acids is 1. The van der Waals surface area contributed by atoms with Crippen LogP contribution in [0.2, 0.25) is 0 Å². The van der Waals surface area contributed by atoms with Crippen LogP contribution in [0.25, 0.3) is 0 Å². The number of sulfonamides is 1. The minimum Gasteiger partial charge on any atom is -0.325 e. The quantitative estimate of drug-likeness (QED) is 0.851. The number of hydrogen-bond donors (Lipinski definition) is 1. The first kappa shape index (κ1) is 16.2. The SMILES string of the molecule is CS(=O)(=O)N1CC(=O)Nc2ccc(Br)cc2[C@H]1c1ccccc1. The van der Waals surface area contributed by atoms with Gasteiger partial charge in [-0.05, 0) is 29.3 Å². The number of fused-ring (bicyclic) bond motifs is 1. The Labute approximate surface area is 143 Å². The van der Waals surface area contributed by atoms with Gasteiger partial charge in [0.25, 0.3) is 0 Å². The van der Waals surface area contributed by atoms with Crippen LogP contribution < -0.4 is 5.32 Å². The summed E-state index contributed by atoms with van der Waals surface area (Å²) in [6.45, 7) is -0.218. The van der Waals surface area contributed by atoms with Gasteiger partial charge in [-0.2, -0.15) is 4.31 Å². The monoisotopic (exact) mass is 394 g/mol. The second-order valence-corrected chi connectivity index (χ2v) is 8.25. The van der Waals surface area contributed by atoms with Crippen LogP contribution in [0, 0.1) is 0 Å². The predicted octanol–water partition coefficient (Wildman–Crippen LogP) is 2.75. The summed E-state index contributed by atoms with van der Waals surface area (Å²) in [6.07, 6.45) is 1.12. The zero-order valence-corrected chi connectivity index (χ0v) is 14.8. The van der Waals surface area contributed by atoms with Crippen LogP contribution in [0.1, 0.15) is 17.2 Å². The summed E-state index contributed by atoms with van der Waals surface area (Å²) >= 11 is 3.42. The highest BCUT2D eigenvalue weighted by Crippen LogP contribution is 2.38. The molecule has 1 N–H and O–H groups in total. The number of carbonyl (C=O) groups is 1. The highest BCUT2D eigenvalue weighted by molar-refractivity contribution is 9.10. The summed E-state index contributed by atoms with van der Waals surface area (Å²) in [5.74, 6) is -0.350. The molecule has 1 amide bonds. The largest absolute Gasteiger partial charge is 0.325 e. The molecule has 0 fully saturated rings. The molecule has 120 valence electrons. The first-order chi connectivity index (χ1) is 10.9. The Kier molecular flexibility index (Phi) is 4.27. The van der Waals surface area contributed by atoms with Crippen molar-refractivity contribution in [2.45, 2.75) is 6.04 Å². The van der Waals surface area contributed by atoms with Gasteiger partial charge in [0.15, 0.2) is 0 Å². The van der Waals surface area contributed by atoms with Gasteiger partial charge in [-0.25, -0.2) is 8.42 Å². The van der Waals surface area contributed by atoms with Gasteiger partial charge in [0.05, 0.1) is 18.8 Å². The van der Waals surface area contributed by atoms with Crippen LogP contribution in [0.3, 0.4) is 0 Å². The number of rotatable bonds is 2. The molecule has 2 aromatic carbocycles. The molecule has 1 atom stereocenters. The molecule has 1 aliphatic rings. The van der Waals surface area contributed by atoms with E-state index in [1.807, 2.05) is 42.5 Å². The van der Waals surface area contributed by atoms with Crippen molar-refractivity contribution in [1.29, 1.82) is 0 Å². The molecule has 1 heterocycles. The van der Waals surface area contributed by atoms with Gasteiger partial charge in [0.1, 0.15) is 0 Å². The molecule has 5 nitrogen and oxygen atoms in total. The maximum Gasteiger partial charge on any atom is 0.239 e. The molecular weight excluding hydrogens is 380 g/mol. The third-order valence-corrected chi connectivity index (χ3v) is 5.40. The van der Waals surface area contributed by atoms with E-state index in [0.29, 0.717) is 5.69 Å². The normalized spacial score (nSPS) is 18.9. The van der Waals surface area contributed by atoms with Gasteiger partial charge in [-0.15, -0.1) is 0 Å². The molecule has 0 saturated carbocycles. The molecule has 0 aromatic heterocycles. The Bertz CT molecular complexity index is 853. The fourth-order valence-electron chi connectivity index (χ4n) is 2.74. The molecule has 0 unspecified atom stereocenters. The number of benzene rings is 2. The molecule has 0 aliphatic carbocycles. The van der Waals surface area contributed by atoms with Crippen LogP contribution in [0.15, 0.2) is 53.0 Å². The Balaban J connectivity index is 2.28. The topological polar surface area (TPSA) is 66.5 Å². The highest BCUT2D eigenvalue weighted by Gasteiger charge is 2.35. The molecule has 23 heavy (non-hydrogen) atoms. The second-order valence-electron chi connectivity index (χ2n) is 5.40. The van der Waals surface area contributed by atoms with E-state index in [9.17, 15) is 13.2 Å². The van der Waals surface area contributed by atoms with E-state index in [4.69, 9.17) is 0 Å². The molecule has 0 saturated heterocycles. The lowest BCUT2D eigenvalue weighted by atomic mass is 9.97.